The van der Waals surface area contributed by atoms with Gasteiger partial charge in [0.15, 0.2) is 0 Å². The van der Waals surface area contributed by atoms with Crippen LogP contribution in [-0.4, -0.2) is 35.7 Å². The van der Waals surface area contributed by atoms with Crippen molar-refractivity contribution in [1.82, 2.24) is 5.32 Å². The SMILES string of the molecule is CC.CC.CC(=O)CCCNC(=O)OC(C)(C)C.CC(C)(C)OC(N)=O. The van der Waals surface area contributed by atoms with E-state index in [4.69, 9.17) is 10.5 Å². The summed E-state index contributed by atoms with van der Waals surface area (Å²) in [5.41, 5.74) is 3.80. The van der Waals surface area contributed by atoms with E-state index in [2.05, 4.69) is 10.1 Å². The molecule has 0 spiro atoms. The normalized spacial score (nSPS) is 9.65. The number of ether oxygens (including phenoxy) is 2. The van der Waals surface area contributed by atoms with Crippen LogP contribution < -0.4 is 11.1 Å². The van der Waals surface area contributed by atoms with Gasteiger partial charge in [-0.2, -0.15) is 0 Å². The second-order valence-corrected chi connectivity index (χ2v) is 6.77. The Bertz CT molecular complexity index is 369. The lowest BCUT2D eigenvalue weighted by molar-refractivity contribution is -0.117. The molecule has 0 aliphatic heterocycles. The fourth-order valence-electron chi connectivity index (χ4n) is 1.14. The quantitative estimate of drug-likeness (QED) is 0.682. The predicted octanol–water partition coefficient (Wildman–Crippen LogP) is 4.81. The van der Waals surface area contributed by atoms with E-state index in [1.807, 2.05) is 48.5 Å². The summed E-state index contributed by atoms with van der Waals surface area (Å²) in [5, 5.41) is 2.58. The average Bonchev–Trinajstić information content (AvgIpc) is 2.44. The highest BCUT2D eigenvalue weighted by Gasteiger charge is 2.15. The van der Waals surface area contributed by atoms with E-state index in [9.17, 15) is 14.4 Å². The van der Waals surface area contributed by atoms with Gasteiger partial charge in [-0.25, -0.2) is 9.59 Å². The number of alkyl carbamates (subject to hydrolysis) is 1. The zero-order chi connectivity index (χ0) is 22.0. The van der Waals surface area contributed by atoms with Crippen molar-refractivity contribution in [3.05, 3.63) is 0 Å². The van der Waals surface area contributed by atoms with Crippen LogP contribution in [0.25, 0.3) is 0 Å². The Labute approximate surface area is 160 Å². The third kappa shape index (κ3) is 43.2. The van der Waals surface area contributed by atoms with E-state index in [0.29, 0.717) is 19.4 Å². The molecule has 158 valence electrons. The van der Waals surface area contributed by atoms with Crippen LogP contribution in [-0.2, 0) is 14.3 Å². The highest BCUT2D eigenvalue weighted by atomic mass is 16.6. The molecule has 7 nitrogen and oxygen atoms in total. The maximum atomic E-state index is 11.1. The van der Waals surface area contributed by atoms with Crippen LogP contribution in [0.2, 0.25) is 0 Å². The zero-order valence-corrected chi connectivity index (χ0v) is 18.7. The number of primary amides is 1. The van der Waals surface area contributed by atoms with Gasteiger partial charge in [0, 0.05) is 13.0 Å². The van der Waals surface area contributed by atoms with Crippen LogP contribution in [0.4, 0.5) is 9.59 Å². The Kier molecular flexibility index (Phi) is 22.1. The Morgan fingerprint density at radius 2 is 1.23 bits per heavy atom. The van der Waals surface area contributed by atoms with Crippen LogP contribution in [0.5, 0.6) is 0 Å². The van der Waals surface area contributed by atoms with Crippen LogP contribution >= 0.6 is 0 Å². The van der Waals surface area contributed by atoms with Gasteiger partial charge >= 0.3 is 12.2 Å². The summed E-state index contributed by atoms with van der Waals surface area (Å²) in [6.07, 6.45) is 0.00300. The molecule has 2 amide bonds. The minimum Gasteiger partial charge on any atom is -0.444 e. The summed E-state index contributed by atoms with van der Waals surface area (Å²) in [6.45, 7) is 20.7. The second kappa shape index (κ2) is 18.0. The van der Waals surface area contributed by atoms with Crippen molar-refractivity contribution in [2.24, 2.45) is 5.73 Å². The first-order valence-corrected chi connectivity index (χ1v) is 9.17. The van der Waals surface area contributed by atoms with Crippen LogP contribution in [0.1, 0.15) is 89.0 Å². The summed E-state index contributed by atoms with van der Waals surface area (Å²) in [7, 11) is 0. The van der Waals surface area contributed by atoms with Crippen molar-refractivity contribution in [3.63, 3.8) is 0 Å². The molecule has 26 heavy (non-hydrogen) atoms. The molecular formula is C19H42N2O5. The number of rotatable bonds is 4. The first-order chi connectivity index (χ1) is 11.7. The molecule has 0 unspecified atom stereocenters. The molecule has 0 saturated heterocycles. The Morgan fingerprint density at radius 3 is 1.46 bits per heavy atom. The first-order valence-electron chi connectivity index (χ1n) is 9.17. The maximum Gasteiger partial charge on any atom is 0.407 e. The Morgan fingerprint density at radius 1 is 0.846 bits per heavy atom. The number of carbonyl (C=O) groups is 3. The molecule has 0 aliphatic rings. The molecule has 0 saturated carbocycles. The largest absolute Gasteiger partial charge is 0.444 e. The van der Waals surface area contributed by atoms with Gasteiger partial charge in [0.25, 0.3) is 0 Å². The lowest BCUT2D eigenvalue weighted by atomic mass is 10.2. The zero-order valence-electron chi connectivity index (χ0n) is 18.7. The molecule has 0 aromatic heterocycles. The van der Waals surface area contributed by atoms with Crippen molar-refractivity contribution in [2.75, 3.05) is 6.54 Å². The molecule has 3 N–H and O–H groups in total. The highest BCUT2D eigenvalue weighted by molar-refractivity contribution is 5.75. The van der Waals surface area contributed by atoms with Crippen molar-refractivity contribution in [2.45, 2.75) is 100 Å². The minimum absolute atomic E-state index is 0.135. The summed E-state index contributed by atoms with van der Waals surface area (Å²) < 4.78 is 9.59. The third-order valence-corrected chi connectivity index (χ3v) is 1.78. The van der Waals surface area contributed by atoms with Gasteiger partial charge in [-0.15, -0.1) is 0 Å². The maximum absolute atomic E-state index is 11.1. The topological polar surface area (TPSA) is 108 Å². The molecule has 0 rings (SSSR count). The lowest BCUT2D eigenvalue weighted by Gasteiger charge is -2.19. The molecule has 0 fully saturated rings. The standard InChI is InChI=1S/C10H19NO3.C5H11NO2.2C2H6/c1-8(12)6-5-7-11-9(13)14-10(2,3)4;1-5(2,3)8-4(6)7;2*1-2/h5-7H2,1-4H3,(H,11,13);1-3H3,(H2,6,7);2*1-2H3. The minimum atomic E-state index is -0.725. The molecule has 0 aromatic carbocycles. The van der Waals surface area contributed by atoms with Gasteiger partial charge in [0.05, 0.1) is 0 Å². The van der Waals surface area contributed by atoms with Crippen molar-refractivity contribution in [3.8, 4) is 0 Å². The van der Waals surface area contributed by atoms with Gasteiger partial charge in [0.2, 0.25) is 0 Å². The summed E-state index contributed by atoms with van der Waals surface area (Å²) in [4.78, 5) is 31.7. The number of nitrogens with two attached hydrogens (primary N) is 1. The average molecular weight is 379 g/mol. The van der Waals surface area contributed by atoms with Gasteiger partial charge in [-0.05, 0) is 54.9 Å². The fourth-order valence-corrected chi connectivity index (χ4v) is 1.14. The van der Waals surface area contributed by atoms with Crippen LogP contribution in [0.3, 0.4) is 0 Å². The first kappa shape index (κ1) is 31.9. The number of ketones is 1. The third-order valence-electron chi connectivity index (χ3n) is 1.78. The monoisotopic (exact) mass is 378 g/mol. The van der Waals surface area contributed by atoms with Crippen molar-refractivity contribution in [1.29, 1.82) is 0 Å². The van der Waals surface area contributed by atoms with E-state index < -0.39 is 23.4 Å². The van der Waals surface area contributed by atoms with Crippen LogP contribution in [0.15, 0.2) is 0 Å². The van der Waals surface area contributed by atoms with Gasteiger partial charge in [-0.1, -0.05) is 27.7 Å². The van der Waals surface area contributed by atoms with Crippen molar-refractivity contribution < 1.29 is 23.9 Å². The fraction of sp³-hybridized carbons (Fsp3) is 0.842. The molecule has 0 bridgehead atoms. The predicted molar refractivity (Wildman–Crippen MR) is 107 cm³/mol. The number of amides is 2. The number of hydrogen-bond donors (Lipinski definition) is 2. The smallest absolute Gasteiger partial charge is 0.407 e. The van der Waals surface area contributed by atoms with E-state index >= 15 is 0 Å². The van der Waals surface area contributed by atoms with Gasteiger partial charge in [-0.3, -0.25) is 0 Å². The Balaban J connectivity index is -0.000000171. The highest BCUT2D eigenvalue weighted by Crippen LogP contribution is 2.06. The molecule has 0 radical (unpaired) electrons. The second-order valence-electron chi connectivity index (χ2n) is 6.77. The van der Waals surface area contributed by atoms with Crippen LogP contribution in [0, 0.1) is 0 Å². The summed E-state index contributed by atoms with van der Waals surface area (Å²) in [6, 6.07) is 0. The molecule has 0 heterocycles. The molecule has 7 heteroatoms. The number of carbonyl (C=O) groups excluding carboxylic acids is 3. The van der Waals surface area contributed by atoms with E-state index in [1.54, 1.807) is 20.8 Å². The number of hydrogen-bond acceptors (Lipinski definition) is 5. The Hall–Kier alpha value is -1.79. The summed E-state index contributed by atoms with van der Waals surface area (Å²) in [5.74, 6) is 0.135. The molecule has 0 aliphatic carbocycles. The molecule has 0 aromatic rings. The lowest BCUT2D eigenvalue weighted by Crippen LogP contribution is -2.33. The van der Waals surface area contributed by atoms with E-state index in [0.717, 1.165) is 0 Å². The summed E-state index contributed by atoms with van der Waals surface area (Å²) >= 11 is 0. The van der Waals surface area contributed by atoms with E-state index in [-0.39, 0.29) is 5.78 Å². The van der Waals surface area contributed by atoms with Crippen molar-refractivity contribution >= 4 is 18.0 Å². The molecular weight excluding hydrogens is 336 g/mol. The van der Waals surface area contributed by atoms with Gasteiger partial charge < -0.3 is 25.3 Å². The molecule has 0 atom stereocenters. The van der Waals surface area contributed by atoms with Gasteiger partial charge in [0.1, 0.15) is 17.0 Å². The van der Waals surface area contributed by atoms with E-state index in [1.165, 1.54) is 6.92 Å². The number of Topliss-reactive ketones (excluding diaryl/α,β-unsaturated/α-hetero) is 1. The number of nitrogens with one attached hydrogen (secondary N) is 1.